The molecule has 4 aromatic heterocycles. The number of hydrogen-bond acceptors (Lipinski definition) is 12. The van der Waals surface area contributed by atoms with Gasteiger partial charge in [0.05, 0.1) is 38.0 Å². The highest BCUT2D eigenvalue weighted by Gasteiger charge is 2.19. The number of nitrogens with two attached hydrogens (primary N) is 1. The van der Waals surface area contributed by atoms with Crippen molar-refractivity contribution in [3.8, 4) is 11.5 Å². The van der Waals surface area contributed by atoms with Gasteiger partial charge in [-0.1, -0.05) is 48.0 Å². The number of hydrogen-bond donors (Lipinski definition) is 2. The van der Waals surface area contributed by atoms with Crippen LogP contribution in [0.1, 0.15) is 68.2 Å². The van der Waals surface area contributed by atoms with Gasteiger partial charge in [-0.15, -0.1) is 5.10 Å². The number of ether oxygens (including phenoxy) is 2. The number of fused-ring (bicyclic) bond motifs is 2. The highest BCUT2D eigenvalue weighted by molar-refractivity contribution is 6.29. The monoisotopic (exact) mass is 894 g/mol. The molecule has 0 atom stereocenters. The summed E-state index contributed by atoms with van der Waals surface area (Å²) in [5.41, 5.74) is 18.2. The molecule has 8 aromatic rings. The summed E-state index contributed by atoms with van der Waals surface area (Å²) in [5, 5.41) is 12.5. The SMILES string of the molecule is COc1ccc(CN(C)c2cc(Cl)nn3c(C(C)=O)cnc23)cc1.COc1ccc(CN(C)c2cc(Nc3cc(C)cc(C)c3)nn3c(C(C)=O)cnc23)cc1.Cc1cc(C)cc(N)c1. The minimum atomic E-state index is -0.110. The maximum atomic E-state index is 12.2. The van der Waals surface area contributed by atoms with Crippen LogP contribution < -0.4 is 30.3 Å². The zero-order valence-electron chi connectivity index (χ0n) is 38.5. The Hall–Kier alpha value is -7.45. The smallest absolute Gasteiger partial charge is 0.179 e. The van der Waals surface area contributed by atoms with Crippen LogP contribution >= 0.6 is 11.6 Å². The number of nitrogen functional groups attached to an aromatic ring is 1. The number of benzene rings is 4. The van der Waals surface area contributed by atoms with Crippen molar-refractivity contribution < 1.29 is 19.1 Å². The van der Waals surface area contributed by atoms with Crippen LogP contribution in [0, 0.1) is 27.7 Å². The minimum absolute atomic E-state index is 0.0858. The van der Waals surface area contributed by atoms with E-state index in [0.717, 1.165) is 56.5 Å². The highest BCUT2D eigenvalue weighted by Crippen LogP contribution is 2.29. The number of carbonyl (C=O) groups excluding carboxylic acids is 2. The summed E-state index contributed by atoms with van der Waals surface area (Å²) in [4.78, 5) is 36.8. The first-order chi connectivity index (χ1) is 31.0. The molecule has 0 saturated carbocycles. The molecule has 4 heterocycles. The molecule has 0 aliphatic carbocycles. The van der Waals surface area contributed by atoms with Crippen molar-refractivity contribution in [3.05, 3.63) is 159 Å². The maximum Gasteiger partial charge on any atom is 0.179 e. The van der Waals surface area contributed by atoms with Gasteiger partial charge >= 0.3 is 0 Å². The Morgan fingerprint density at radius 3 is 1.46 bits per heavy atom. The first kappa shape index (κ1) is 47.0. The number of nitrogens with zero attached hydrogens (tertiary/aromatic N) is 8. The Balaban J connectivity index is 0.000000186. The van der Waals surface area contributed by atoms with Crippen molar-refractivity contribution in [1.82, 2.24) is 29.2 Å². The number of rotatable bonds is 12. The van der Waals surface area contributed by atoms with Crippen LogP contribution in [-0.2, 0) is 13.1 Å². The summed E-state index contributed by atoms with van der Waals surface area (Å²) in [6.45, 7) is 12.5. The Bertz CT molecular complexity index is 2880. The second-order valence-electron chi connectivity index (χ2n) is 16.0. The summed E-state index contributed by atoms with van der Waals surface area (Å²) < 4.78 is 13.5. The summed E-state index contributed by atoms with van der Waals surface area (Å²) in [6.07, 6.45) is 3.10. The van der Waals surface area contributed by atoms with E-state index in [2.05, 4.69) is 68.5 Å². The quantitative estimate of drug-likeness (QED) is 0.0885. The number of aryl methyl sites for hydroxylation is 4. The molecule has 0 amide bonds. The number of halogens is 1. The lowest BCUT2D eigenvalue weighted by Crippen LogP contribution is -2.19. The summed E-state index contributed by atoms with van der Waals surface area (Å²) in [7, 11) is 7.24. The van der Waals surface area contributed by atoms with Gasteiger partial charge in [-0.3, -0.25) is 9.59 Å². The molecular weight excluding hydrogens is 840 g/mol. The van der Waals surface area contributed by atoms with Crippen LogP contribution in [0.3, 0.4) is 0 Å². The second-order valence-corrected chi connectivity index (χ2v) is 16.4. The fraction of sp³-hybridized carbons (Fsp3) is 0.240. The van der Waals surface area contributed by atoms with E-state index < -0.39 is 0 Å². The van der Waals surface area contributed by atoms with Gasteiger partial charge in [-0.05, 0) is 110 Å². The van der Waals surface area contributed by atoms with Gasteiger partial charge in [0.1, 0.15) is 22.9 Å². The van der Waals surface area contributed by atoms with E-state index in [1.165, 1.54) is 35.7 Å². The third-order valence-electron chi connectivity index (χ3n) is 10.3. The molecule has 336 valence electrons. The Kier molecular flexibility index (Phi) is 15.1. The topological polar surface area (TPSA) is 158 Å². The van der Waals surface area contributed by atoms with Crippen molar-refractivity contribution in [1.29, 1.82) is 0 Å². The van der Waals surface area contributed by atoms with Crippen molar-refractivity contribution in [2.24, 2.45) is 0 Å². The number of methoxy groups -OCH3 is 2. The number of aromatic nitrogens is 6. The van der Waals surface area contributed by atoms with E-state index in [9.17, 15) is 9.59 Å². The van der Waals surface area contributed by atoms with Gasteiger partial charge in [0.25, 0.3) is 0 Å². The van der Waals surface area contributed by atoms with Gasteiger partial charge in [-0.25, -0.2) is 19.0 Å². The molecule has 15 heteroatoms. The summed E-state index contributed by atoms with van der Waals surface area (Å²) in [6, 6.07) is 31.8. The molecule has 0 fully saturated rings. The van der Waals surface area contributed by atoms with E-state index >= 15 is 0 Å². The predicted octanol–water partition coefficient (Wildman–Crippen LogP) is 10.1. The lowest BCUT2D eigenvalue weighted by Gasteiger charge is -2.21. The average Bonchev–Trinajstić information content (AvgIpc) is 3.88. The molecule has 0 radical (unpaired) electrons. The Morgan fingerprint density at radius 1 is 0.631 bits per heavy atom. The van der Waals surface area contributed by atoms with Crippen LogP contribution in [-0.4, -0.2) is 69.1 Å². The summed E-state index contributed by atoms with van der Waals surface area (Å²) >= 11 is 6.13. The predicted molar refractivity (Wildman–Crippen MR) is 261 cm³/mol. The molecule has 0 aliphatic rings. The lowest BCUT2D eigenvalue weighted by atomic mass is 10.1. The number of Topliss-reactive ketones (excluding diaryl/α,β-unsaturated/α-hetero) is 2. The molecule has 0 saturated heterocycles. The summed E-state index contributed by atoms with van der Waals surface area (Å²) in [5.74, 6) is 2.08. The van der Waals surface area contributed by atoms with Gasteiger partial charge in [0.15, 0.2) is 33.8 Å². The third kappa shape index (κ3) is 12.0. The van der Waals surface area contributed by atoms with Gasteiger partial charge < -0.3 is 30.3 Å². The normalized spacial score (nSPS) is 10.7. The molecule has 0 bridgehead atoms. The number of ketones is 2. The molecule has 0 spiro atoms. The van der Waals surface area contributed by atoms with Gasteiger partial charge in [0.2, 0.25) is 0 Å². The molecule has 3 N–H and O–H groups in total. The fourth-order valence-corrected chi connectivity index (χ4v) is 7.54. The molecule has 4 aromatic carbocycles. The average molecular weight is 896 g/mol. The Morgan fingerprint density at radius 2 is 1.05 bits per heavy atom. The standard InChI is InChI=1S/C25H27N5O2.C17H17ClN4O2.C8H11N/c1-16-10-17(2)12-20(11-16)27-24-13-22(25-26-14-23(18(3)31)30(25)28-24)29(4)15-19-6-8-21(32-5)9-7-19;1-11(23)15-9-19-17-14(8-16(18)20-22(15)17)21(2)10-12-4-6-13(24-3)7-5-12;1-6-3-7(2)5-8(9)4-6/h6-14H,15H2,1-5H3,(H,27,28);4-9H,10H2,1-3H3;3-5H,9H2,1-2H3. The zero-order valence-corrected chi connectivity index (χ0v) is 39.2. The number of nitrogens with one attached hydrogen (secondary N) is 1. The molecule has 0 unspecified atom stereocenters. The van der Waals surface area contributed by atoms with Crippen molar-refractivity contribution in [3.63, 3.8) is 0 Å². The van der Waals surface area contributed by atoms with Crippen LogP contribution in [0.4, 0.5) is 28.6 Å². The first-order valence-electron chi connectivity index (χ1n) is 20.8. The van der Waals surface area contributed by atoms with Crippen LogP contribution in [0.15, 0.2) is 109 Å². The second kappa shape index (κ2) is 20.8. The molecule has 8 rings (SSSR count). The Labute approximate surface area is 384 Å². The molecule has 14 nitrogen and oxygen atoms in total. The minimum Gasteiger partial charge on any atom is -0.497 e. The van der Waals surface area contributed by atoms with E-state index in [4.69, 9.17) is 26.8 Å². The first-order valence-corrected chi connectivity index (χ1v) is 21.2. The van der Waals surface area contributed by atoms with Crippen molar-refractivity contribution >= 4 is 63.0 Å². The fourth-order valence-electron chi connectivity index (χ4n) is 7.36. The molecule has 0 aliphatic heterocycles. The van der Waals surface area contributed by atoms with E-state index in [0.29, 0.717) is 46.7 Å². The highest BCUT2D eigenvalue weighted by atomic mass is 35.5. The van der Waals surface area contributed by atoms with Crippen LogP contribution in [0.2, 0.25) is 5.15 Å². The number of anilines is 5. The van der Waals surface area contributed by atoms with E-state index in [1.807, 2.05) is 99.6 Å². The largest absolute Gasteiger partial charge is 0.497 e. The molecule has 65 heavy (non-hydrogen) atoms. The number of imidazole rings is 2. The maximum absolute atomic E-state index is 12.2. The van der Waals surface area contributed by atoms with E-state index in [1.54, 1.807) is 31.0 Å². The van der Waals surface area contributed by atoms with Crippen molar-refractivity contribution in [2.45, 2.75) is 54.6 Å². The van der Waals surface area contributed by atoms with Gasteiger partial charge in [-0.2, -0.15) is 5.10 Å². The third-order valence-corrected chi connectivity index (χ3v) is 10.5. The molecular formula is C50H55ClN10O4. The van der Waals surface area contributed by atoms with Crippen LogP contribution in [0.25, 0.3) is 11.3 Å². The van der Waals surface area contributed by atoms with E-state index in [-0.39, 0.29) is 11.6 Å². The van der Waals surface area contributed by atoms with Crippen LogP contribution in [0.5, 0.6) is 11.5 Å². The number of carbonyl (C=O) groups is 2. The lowest BCUT2D eigenvalue weighted by molar-refractivity contribution is 0.0998. The van der Waals surface area contributed by atoms with Crippen molar-refractivity contribution in [2.75, 3.05) is 49.2 Å². The van der Waals surface area contributed by atoms with Gasteiger partial charge in [0, 0.05) is 64.5 Å². The zero-order chi connectivity index (χ0) is 46.9.